The van der Waals surface area contributed by atoms with Crippen molar-refractivity contribution in [2.75, 3.05) is 18.9 Å². The molecule has 1 aromatic carbocycles. The smallest absolute Gasteiger partial charge is 0.340 e. The summed E-state index contributed by atoms with van der Waals surface area (Å²) < 4.78 is 4.78. The predicted molar refractivity (Wildman–Crippen MR) is 69.8 cm³/mol. The SMILES string of the molecule is CCNC(=O)COC(=O)c1cc(N)cc(Cl)c1Cl. The van der Waals surface area contributed by atoms with Crippen molar-refractivity contribution in [3.05, 3.63) is 27.7 Å². The number of nitrogen functional groups attached to an aromatic ring is 1. The summed E-state index contributed by atoms with van der Waals surface area (Å²) in [5.41, 5.74) is 5.86. The maximum absolute atomic E-state index is 11.7. The second-order valence-electron chi connectivity index (χ2n) is 3.39. The van der Waals surface area contributed by atoms with Gasteiger partial charge in [-0.3, -0.25) is 4.79 Å². The molecule has 0 aliphatic carbocycles. The van der Waals surface area contributed by atoms with Crippen LogP contribution in [-0.4, -0.2) is 25.0 Å². The summed E-state index contributed by atoms with van der Waals surface area (Å²) in [5, 5.41) is 2.69. The molecule has 0 bridgehead atoms. The van der Waals surface area contributed by atoms with Crippen molar-refractivity contribution in [3.8, 4) is 0 Å². The summed E-state index contributed by atoms with van der Waals surface area (Å²) >= 11 is 11.6. The van der Waals surface area contributed by atoms with Crippen molar-refractivity contribution in [1.29, 1.82) is 0 Å². The molecular formula is C11H12Cl2N2O3. The minimum atomic E-state index is -0.750. The van der Waals surface area contributed by atoms with E-state index in [1.54, 1.807) is 6.92 Å². The first-order valence-corrected chi connectivity index (χ1v) is 5.89. The van der Waals surface area contributed by atoms with Crippen LogP contribution < -0.4 is 11.1 Å². The minimum Gasteiger partial charge on any atom is -0.452 e. The lowest BCUT2D eigenvalue weighted by molar-refractivity contribution is -0.124. The average molecular weight is 291 g/mol. The molecule has 0 fully saturated rings. The van der Waals surface area contributed by atoms with E-state index < -0.39 is 11.9 Å². The van der Waals surface area contributed by atoms with Gasteiger partial charge in [-0.05, 0) is 19.1 Å². The number of hydrogen-bond acceptors (Lipinski definition) is 4. The first-order valence-electron chi connectivity index (χ1n) is 5.14. The molecule has 0 aliphatic heterocycles. The number of nitrogens with one attached hydrogen (secondary N) is 1. The number of carbonyl (C=O) groups is 2. The van der Waals surface area contributed by atoms with E-state index in [1.165, 1.54) is 12.1 Å². The Balaban J connectivity index is 2.76. The molecule has 1 amide bonds. The number of anilines is 1. The summed E-state index contributed by atoms with van der Waals surface area (Å²) in [5.74, 6) is -1.14. The Morgan fingerprint density at radius 1 is 1.39 bits per heavy atom. The number of benzene rings is 1. The number of halogens is 2. The molecule has 5 nitrogen and oxygen atoms in total. The molecule has 0 aliphatic rings. The van der Waals surface area contributed by atoms with Gasteiger partial charge in [0.05, 0.1) is 15.6 Å². The quantitative estimate of drug-likeness (QED) is 0.655. The summed E-state index contributed by atoms with van der Waals surface area (Å²) in [6.45, 7) is 1.84. The Morgan fingerprint density at radius 3 is 2.67 bits per heavy atom. The van der Waals surface area contributed by atoms with Gasteiger partial charge in [0.2, 0.25) is 0 Å². The van der Waals surface area contributed by atoms with E-state index in [2.05, 4.69) is 5.32 Å². The Labute approximate surface area is 114 Å². The van der Waals surface area contributed by atoms with Crippen molar-refractivity contribution in [2.24, 2.45) is 0 Å². The monoisotopic (exact) mass is 290 g/mol. The molecule has 0 saturated heterocycles. The lowest BCUT2D eigenvalue weighted by Gasteiger charge is -2.08. The number of nitrogens with two attached hydrogens (primary N) is 1. The van der Waals surface area contributed by atoms with Crippen LogP contribution in [0.25, 0.3) is 0 Å². The largest absolute Gasteiger partial charge is 0.452 e. The fourth-order valence-corrected chi connectivity index (χ4v) is 1.63. The molecule has 0 heterocycles. The average Bonchev–Trinajstić information content (AvgIpc) is 2.31. The predicted octanol–water partition coefficient (Wildman–Crippen LogP) is 1.87. The Kier molecular flexibility index (Phi) is 5.25. The number of rotatable bonds is 4. The first-order chi connectivity index (χ1) is 8.45. The van der Waals surface area contributed by atoms with Gasteiger partial charge >= 0.3 is 5.97 Å². The molecule has 0 atom stereocenters. The van der Waals surface area contributed by atoms with Gasteiger partial charge in [-0.2, -0.15) is 0 Å². The molecule has 98 valence electrons. The fraction of sp³-hybridized carbons (Fsp3) is 0.273. The summed E-state index contributed by atoms with van der Waals surface area (Å²) in [7, 11) is 0. The number of ether oxygens (including phenoxy) is 1. The topological polar surface area (TPSA) is 81.4 Å². The molecule has 0 radical (unpaired) electrons. The van der Waals surface area contributed by atoms with E-state index in [9.17, 15) is 9.59 Å². The van der Waals surface area contributed by atoms with E-state index in [4.69, 9.17) is 33.7 Å². The minimum absolute atomic E-state index is 0.0333. The third-order valence-corrected chi connectivity index (χ3v) is 2.78. The van der Waals surface area contributed by atoms with Gasteiger partial charge in [-0.1, -0.05) is 23.2 Å². The molecule has 0 aromatic heterocycles. The van der Waals surface area contributed by atoms with Gasteiger partial charge in [0.1, 0.15) is 0 Å². The lowest BCUT2D eigenvalue weighted by atomic mass is 10.2. The maximum atomic E-state index is 11.7. The molecule has 1 aromatic rings. The molecule has 18 heavy (non-hydrogen) atoms. The second-order valence-corrected chi connectivity index (χ2v) is 4.18. The highest BCUT2D eigenvalue weighted by atomic mass is 35.5. The van der Waals surface area contributed by atoms with Crippen LogP contribution in [0.15, 0.2) is 12.1 Å². The zero-order chi connectivity index (χ0) is 13.7. The van der Waals surface area contributed by atoms with Gasteiger partial charge in [-0.15, -0.1) is 0 Å². The van der Waals surface area contributed by atoms with E-state index >= 15 is 0 Å². The Morgan fingerprint density at radius 2 is 2.06 bits per heavy atom. The summed E-state index contributed by atoms with van der Waals surface area (Å²) in [6.07, 6.45) is 0. The molecular weight excluding hydrogens is 279 g/mol. The highest BCUT2D eigenvalue weighted by Crippen LogP contribution is 2.29. The van der Waals surface area contributed by atoms with Crippen molar-refractivity contribution in [2.45, 2.75) is 6.92 Å². The number of likely N-dealkylation sites (N-methyl/N-ethyl adjacent to an activating group) is 1. The normalized spacial score (nSPS) is 9.94. The van der Waals surface area contributed by atoms with Gasteiger partial charge in [0.25, 0.3) is 5.91 Å². The summed E-state index contributed by atoms with van der Waals surface area (Å²) in [6, 6.07) is 2.76. The van der Waals surface area contributed by atoms with Gasteiger partial charge in [0.15, 0.2) is 6.61 Å². The highest BCUT2D eigenvalue weighted by Gasteiger charge is 2.16. The molecule has 3 N–H and O–H groups in total. The molecule has 1 rings (SSSR count). The van der Waals surface area contributed by atoms with E-state index in [1.807, 2.05) is 0 Å². The highest BCUT2D eigenvalue weighted by molar-refractivity contribution is 6.44. The van der Waals surface area contributed by atoms with Crippen molar-refractivity contribution in [3.63, 3.8) is 0 Å². The van der Waals surface area contributed by atoms with E-state index in [0.717, 1.165) is 0 Å². The van der Waals surface area contributed by atoms with Crippen LogP contribution in [0.1, 0.15) is 17.3 Å². The van der Waals surface area contributed by atoms with Crippen LogP contribution in [0.3, 0.4) is 0 Å². The van der Waals surface area contributed by atoms with Crippen LogP contribution in [0, 0.1) is 0 Å². The Bertz CT molecular complexity index is 478. The van der Waals surface area contributed by atoms with E-state index in [0.29, 0.717) is 6.54 Å². The van der Waals surface area contributed by atoms with Crippen molar-refractivity contribution < 1.29 is 14.3 Å². The molecule has 0 spiro atoms. The van der Waals surface area contributed by atoms with Crippen LogP contribution in [0.5, 0.6) is 0 Å². The second kappa shape index (κ2) is 6.47. The maximum Gasteiger partial charge on any atom is 0.340 e. The third kappa shape index (κ3) is 3.78. The van der Waals surface area contributed by atoms with Gasteiger partial charge in [0, 0.05) is 12.2 Å². The standard InChI is InChI=1S/C11H12Cl2N2O3/c1-2-15-9(16)5-18-11(17)7-3-6(14)4-8(12)10(7)13/h3-4H,2,5,14H2,1H3,(H,15,16). The number of esters is 1. The van der Waals surface area contributed by atoms with E-state index in [-0.39, 0.29) is 27.9 Å². The number of amides is 1. The third-order valence-electron chi connectivity index (χ3n) is 1.98. The van der Waals surface area contributed by atoms with Crippen LogP contribution in [-0.2, 0) is 9.53 Å². The fourth-order valence-electron chi connectivity index (χ4n) is 1.22. The van der Waals surface area contributed by atoms with Crippen molar-refractivity contribution >= 4 is 40.8 Å². The van der Waals surface area contributed by atoms with Crippen LogP contribution in [0.4, 0.5) is 5.69 Å². The first kappa shape index (κ1) is 14.6. The van der Waals surface area contributed by atoms with Crippen molar-refractivity contribution in [1.82, 2.24) is 5.32 Å². The summed E-state index contributed by atoms with van der Waals surface area (Å²) in [4.78, 5) is 22.8. The molecule has 7 heteroatoms. The van der Waals surface area contributed by atoms with Crippen LogP contribution in [0.2, 0.25) is 10.0 Å². The Hall–Kier alpha value is -1.46. The van der Waals surface area contributed by atoms with Gasteiger partial charge < -0.3 is 15.8 Å². The zero-order valence-corrected chi connectivity index (χ0v) is 11.1. The number of hydrogen-bond donors (Lipinski definition) is 2. The lowest BCUT2D eigenvalue weighted by Crippen LogP contribution is -2.28. The number of carbonyl (C=O) groups excluding carboxylic acids is 2. The van der Waals surface area contributed by atoms with Crippen LogP contribution >= 0.6 is 23.2 Å². The zero-order valence-electron chi connectivity index (χ0n) is 9.63. The molecule has 0 saturated carbocycles. The van der Waals surface area contributed by atoms with Gasteiger partial charge in [-0.25, -0.2) is 4.79 Å². The molecule has 0 unspecified atom stereocenters.